The van der Waals surface area contributed by atoms with Crippen LogP contribution in [0.15, 0.2) is 58.5 Å². The molecule has 0 atom stereocenters. The molecule has 0 radical (unpaired) electrons. The summed E-state index contributed by atoms with van der Waals surface area (Å²) in [5, 5.41) is 4.02. The van der Waals surface area contributed by atoms with E-state index in [1.165, 1.54) is 24.3 Å². The highest BCUT2D eigenvalue weighted by atomic mass is 32.2. The van der Waals surface area contributed by atoms with Gasteiger partial charge in [-0.2, -0.15) is 0 Å². The smallest absolute Gasteiger partial charge is 0.208 e. The van der Waals surface area contributed by atoms with Crippen LogP contribution in [0.3, 0.4) is 0 Å². The number of halogens is 1. The van der Waals surface area contributed by atoms with Crippen molar-refractivity contribution < 1.29 is 12.8 Å². The van der Waals surface area contributed by atoms with Gasteiger partial charge in [0.05, 0.1) is 21.0 Å². The SMILES string of the molecule is Cn1cc(S(=O)(=O)c2ccc(F)cc2)c2cccc(N3CCNCC3)c21. The fraction of sp³-hybridized carbons (Fsp3) is 0.263. The number of benzene rings is 2. The molecule has 2 aromatic carbocycles. The Labute approximate surface area is 152 Å². The van der Waals surface area contributed by atoms with Gasteiger partial charge in [-0.05, 0) is 30.3 Å². The van der Waals surface area contributed by atoms with E-state index in [0.717, 1.165) is 37.4 Å². The molecule has 1 fully saturated rings. The standard InChI is InChI=1S/C19H20FN3O2S/c1-22-13-18(26(24,25)15-7-5-14(20)6-8-15)16-3-2-4-17(19(16)22)23-11-9-21-10-12-23/h2-8,13,21H,9-12H2,1H3. The maximum Gasteiger partial charge on any atom is 0.208 e. The number of sulfone groups is 1. The Morgan fingerprint density at radius 2 is 1.73 bits per heavy atom. The van der Waals surface area contributed by atoms with Crippen LogP contribution < -0.4 is 10.2 Å². The average molecular weight is 373 g/mol. The number of aromatic nitrogens is 1. The van der Waals surface area contributed by atoms with Crippen molar-refractivity contribution in [3.63, 3.8) is 0 Å². The zero-order chi connectivity index (χ0) is 18.3. The fourth-order valence-electron chi connectivity index (χ4n) is 3.53. The van der Waals surface area contributed by atoms with Crippen LogP contribution in [0.1, 0.15) is 0 Å². The lowest BCUT2D eigenvalue weighted by Gasteiger charge is -2.30. The van der Waals surface area contributed by atoms with E-state index >= 15 is 0 Å². The normalized spacial score (nSPS) is 15.5. The number of fused-ring (bicyclic) bond motifs is 1. The lowest BCUT2D eigenvalue weighted by Crippen LogP contribution is -2.43. The molecular weight excluding hydrogens is 353 g/mol. The van der Waals surface area contributed by atoms with Crippen LogP contribution in [0.4, 0.5) is 10.1 Å². The van der Waals surface area contributed by atoms with Crippen LogP contribution in [-0.2, 0) is 16.9 Å². The molecule has 3 aromatic rings. The summed E-state index contributed by atoms with van der Waals surface area (Å²) in [5.74, 6) is -0.456. The minimum absolute atomic E-state index is 0.0963. The first-order valence-electron chi connectivity index (χ1n) is 8.53. The number of aryl methyl sites for hydroxylation is 1. The Balaban J connectivity index is 1.88. The summed E-state index contributed by atoms with van der Waals surface area (Å²) in [6, 6.07) is 10.7. The van der Waals surface area contributed by atoms with E-state index in [0.29, 0.717) is 5.39 Å². The van der Waals surface area contributed by atoms with Crippen molar-refractivity contribution in [1.82, 2.24) is 9.88 Å². The van der Waals surface area contributed by atoms with E-state index in [-0.39, 0.29) is 9.79 Å². The minimum Gasteiger partial charge on any atom is -0.367 e. The summed E-state index contributed by atoms with van der Waals surface area (Å²) < 4.78 is 41.2. The molecule has 0 amide bonds. The Kier molecular flexibility index (Phi) is 4.20. The van der Waals surface area contributed by atoms with Crippen molar-refractivity contribution in [1.29, 1.82) is 0 Å². The van der Waals surface area contributed by atoms with E-state index < -0.39 is 15.7 Å². The second-order valence-electron chi connectivity index (χ2n) is 6.47. The molecular formula is C19H20FN3O2S. The highest BCUT2D eigenvalue weighted by Crippen LogP contribution is 2.35. The Hall–Kier alpha value is -2.38. The van der Waals surface area contributed by atoms with Gasteiger partial charge in [0.2, 0.25) is 9.84 Å². The molecule has 0 unspecified atom stereocenters. The maximum atomic E-state index is 13.2. The third-order valence-electron chi connectivity index (χ3n) is 4.81. The monoisotopic (exact) mass is 373 g/mol. The largest absolute Gasteiger partial charge is 0.367 e. The van der Waals surface area contributed by atoms with E-state index in [2.05, 4.69) is 10.2 Å². The van der Waals surface area contributed by atoms with E-state index in [9.17, 15) is 12.8 Å². The van der Waals surface area contributed by atoms with Crippen LogP contribution >= 0.6 is 0 Å². The predicted molar refractivity (Wildman–Crippen MR) is 99.9 cm³/mol. The molecule has 2 heterocycles. The maximum absolute atomic E-state index is 13.2. The van der Waals surface area contributed by atoms with Crippen molar-refractivity contribution in [3.05, 3.63) is 54.5 Å². The third kappa shape index (κ3) is 2.77. The number of piperazine rings is 1. The van der Waals surface area contributed by atoms with Crippen molar-refractivity contribution in [2.45, 2.75) is 9.79 Å². The number of nitrogens with zero attached hydrogens (tertiary/aromatic N) is 2. The molecule has 7 heteroatoms. The van der Waals surface area contributed by atoms with Crippen LogP contribution in [0.25, 0.3) is 10.9 Å². The van der Waals surface area contributed by atoms with Crippen LogP contribution in [0.5, 0.6) is 0 Å². The molecule has 0 saturated carbocycles. The van der Waals surface area contributed by atoms with E-state index in [1.54, 1.807) is 6.20 Å². The van der Waals surface area contributed by atoms with Gasteiger partial charge in [0.15, 0.2) is 0 Å². The minimum atomic E-state index is -3.73. The zero-order valence-electron chi connectivity index (χ0n) is 14.4. The summed E-state index contributed by atoms with van der Waals surface area (Å²) >= 11 is 0. The number of nitrogens with one attached hydrogen (secondary N) is 1. The fourth-order valence-corrected chi connectivity index (χ4v) is 5.03. The first kappa shape index (κ1) is 17.1. The molecule has 0 bridgehead atoms. The van der Waals surface area contributed by atoms with E-state index in [4.69, 9.17) is 0 Å². The molecule has 1 aliphatic rings. The zero-order valence-corrected chi connectivity index (χ0v) is 15.3. The highest BCUT2D eigenvalue weighted by molar-refractivity contribution is 7.91. The molecule has 0 spiro atoms. The van der Waals surface area contributed by atoms with Crippen LogP contribution in [0, 0.1) is 5.82 Å². The second-order valence-corrected chi connectivity index (χ2v) is 8.39. The van der Waals surface area contributed by atoms with E-state index in [1.807, 2.05) is 29.8 Å². The van der Waals surface area contributed by atoms with Gasteiger partial charge < -0.3 is 14.8 Å². The number of anilines is 1. The molecule has 0 aliphatic carbocycles. The van der Waals surface area contributed by atoms with Crippen molar-refractivity contribution in [3.8, 4) is 0 Å². The van der Waals surface area contributed by atoms with Crippen molar-refractivity contribution in [2.24, 2.45) is 7.05 Å². The topological polar surface area (TPSA) is 54.3 Å². The van der Waals surface area contributed by atoms with Gasteiger partial charge in [-0.3, -0.25) is 0 Å². The van der Waals surface area contributed by atoms with Gasteiger partial charge in [-0.15, -0.1) is 0 Å². The Morgan fingerprint density at radius 3 is 2.42 bits per heavy atom. The summed E-state index contributed by atoms with van der Waals surface area (Å²) in [6.45, 7) is 3.57. The molecule has 1 N–H and O–H groups in total. The first-order valence-corrected chi connectivity index (χ1v) is 10.0. The van der Waals surface area contributed by atoms with Crippen LogP contribution in [-0.4, -0.2) is 39.2 Å². The lowest BCUT2D eigenvalue weighted by atomic mass is 10.2. The molecule has 26 heavy (non-hydrogen) atoms. The quantitative estimate of drug-likeness (QED) is 0.717. The van der Waals surface area contributed by atoms with Gasteiger partial charge >= 0.3 is 0 Å². The van der Waals surface area contributed by atoms with Gasteiger partial charge in [0.1, 0.15) is 5.82 Å². The Morgan fingerprint density at radius 1 is 1.04 bits per heavy atom. The van der Waals surface area contributed by atoms with Gasteiger partial charge in [-0.1, -0.05) is 12.1 Å². The number of rotatable bonds is 3. The number of hydrogen-bond acceptors (Lipinski definition) is 4. The van der Waals surface area contributed by atoms with Crippen molar-refractivity contribution >= 4 is 26.4 Å². The predicted octanol–water partition coefficient (Wildman–Crippen LogP) is 2.56. The summed E-state index contributed by atoms with van der Waals surface area (Å²) in [5.41, 5.74) is 1.93. The molecule has 1 aromatic heterocycles. The summed E-state index contributed by atoms with van der Waals surface area (Å²) in [6.07, 6.45) is 1.65. The number of para-hydroxylation sites is 1. The lowest BCUT2D eigenvalue weighted by molar-refractivity contribution is 0.590. The Bertz CT molecular complexity index is 1050. The van der Waals surface area contributed by atoms with Crippen molar-refractivity contribution in [2.75, 3.05) is 31.1 Å². The molecule has 1 saturated heterocycles. The average Bonchev–Trinajstić information content (AvgIpc) is 3.01. The molecule has 136 valence electrons. The molecule has 1 aliphatic heterocycles. The van der Waals surface area contributed by atoms with Gasteiger partial charge in [0.25, 0.3) is 0 Å². The highest BCUT2D eigenvalue weighted by Gasteiger charge is 2.25. The second kappa shape index (κ2) is 6.41. The number of hydrogen-bond donors (Lipinski definition) is 1. The summed E-state index contributed by atoms with van der Waals surface area (Å²) in [7, 11) is -1.87. The third-order valence-corrected chi connectivity index (χ3v) is 6.61. The van der Waals surface area contributed by atoms with Gasteiger partial charge in [-0.25, -0.2) is 12.8 Å². The first-order chi connectivity index (χ1) is 12.5. The molecule has 5 nitrogen and oxygen atoms in total. The summed E-state index contributed by atoms with van der Waals surface area (Å²) in [4.78, 5) is 2.62. The molecule has 4 rings (SSSR count). The van der Waals surface area contributed by atoms with Crippen LogP contribution in [0.2, 0.25) is 0 Å². The van der Waals surface area contributed by atoms with Gasteiger partial charge in [0, 0.05) is 44.8 Å².